The van der Waals surface area contributed by atoms with Crippen LogP contribution in [0, 0.1) is 19.8 Å². The van der Waals surface area contributed by atoms with Gasteiger partial charge in [0.25, 0.3) is 0 Å². The van der Waals surface area contributed by atoms with Gasteiger partial charge in [0.2, 0.25) is 5.91 Å². The fraction of sp³-hybridized carbons (Fsp3) is 0.333. The second-order valence-corrected chi connectivity index (χ2v) is 7.97. The molecule has 1 fully saturated rings. The maximum Gasteiger partial charge on any atom is 0.227 e. The molecule has 0 unspecified atom stereocenters. The standard InChI is InChI=1S/C21H23N3OS/c1-14-6-5-8-17(15(14)2)22-20(25)16-10-12-24(13-11-16)21-23-18-7-3-4-9-19(18)26-21/h3-9,16H,10-13H2,1-2H3,(H,22,25). The minimum Gasteiger partial charge on any atom is -0.348 e. The summed E-state index contributed by atoms with van der Waals surface area (Å²) in [5.74, 6) is 0.211. The Morgan fingerprint density at radius 2 is 1.88 bits per heavy atom. The first-order valence-electron chi connectivity index (χ1n) is 9.09. The fourth-order valence-electron chi connectivity index (χ4n) is 3.45. The molecule has 4 rings (SSSR count). The van der Waals surface area contributed by atoms with Crippen molar-refractivity contribution in [1.29, 1.82) is 0 Å². The molecule has 2 aromatic carbocycles. The van der Waals surface area contributed by atoms with E-state index in [0.29, 0.717) is 0 Å². The number of thiazole rings is 1. The van der Waals surface area contributed by atoms with Gasteiger partial charge in [-0.25, -0.2) is 4.98 Å². The van der Waals surface area contributed by atoms with E-state index in [4.69, 9.17) is 4.98 Å². The highest BCUT2D eigenvalue weighted by Crippen LogP contribution is 2.31. The van der Waals surface area contributed by atoms with Gasteiger partial charge in [-0.1, -0.05) is 35.6 Å². The molecule has 2 heterocycles. The zero-order valence-electron chi connectivity index (χ0n) is 15.2. The number of amides is 1. The smallest absolute Gasteiger partial charge is 0.227 e. The van der Waals surface area contributed by atoms with Crippen LogP contribution in [-0.2, 0) is 4.79 Å². The Morgan fingerprint density at radius 3 is 2.65 bits per heavy atom. The number of piperidine rings is 1. The fourth-order valence-corrected chi connectivity index (χ4v) is 4.47. The van der Waals surface area contributed by atoms with Gasteiger partial charge in [-0.05, 0) is 56.0 Å². The van der Waals surface area contributed by atoms with E-state index in [-0.39, 0.29) is 11.8 Å². The third-order valence-corrected chi connectivity index (χ3v) is 6.38. The maximum absolute atomic E-state index is 12.7. The average molecular weight is 366 g/mol. The van der Waals surface area contributed by atoms with E-state index < -0.39 is 0 Å². The quantitative estimate of drug-likeness (QED) is 0.727. The van der Waals surface area contributed by atoms with Gasteiger partial charge in [0, 0.05) is 24.7 Å². The van der Waals surface area contributed by atoms with E-state index in [0.717, 1.165) is 47.8 Å². The molecule has 1 aromatic heterocycles. The summed E-state index contributed by atoms with van der Waals surface area (Å²) in [6.45, 7) is 5.89. The van der Waals surface area contributed by atoms with Crippen LogP contribution in [0.25, 0.3) is 10.2 Å². The van der Waals surface area contributed by atoms with Crippen LogP contribution in [0.1, 0.15) is 24.0 Å². The summed E-state index contributed by atoms with van der Waals surface area (Å²) in [7, 11) is 0. The average Bonchev–Trinajstić information content (AvgIpc) is 3.10. The zero-order chi connectivity index (χ0) is 18.1. The highest BCUT2D eigenvalue weighted by atomic mass is 32.1. The monoisotopic (exact) mass is 365 g/mol. The summed E-state index contributed by atoms with van der Waals surface area (Å²) in [5, 5.41) is 4.20. The van der Waals surface area contributed by atoms with Crippen molar-refractivity contribution in [2.75, 3.05) is 23.3 Å². The normalized spacial score (nSPS) is 15.4. The molecule has 0 radical (unpaired) electrons. The van der Waals surface area contributed by atoms with Gasteiger partial charge in [-0.3, -0.25) is 4.79 Å². The van der Waals surface area contributed by atoms with Crippen LogP contribution in [-0.4, -0.2) is 24.0 Å². The van der Waals surface area contributed by atoms with Gasteiger partial charge >= 0.3 is 0 Å². The number of carbonyl (C=O) groups excluding carboxylic acids is 1. The maximum atomic E-state index is 12.7. The number of aromatic nitrogens is 1. The molecule has 1 aliphatic rings. The van der Waals surface area contributed by atoms with Gasteiger partial charge in [-0.2, -0.15) is 0 Å². The second-order valence-electron chi connectivity index (χ2n) is 6.96. The third-order valence-electron chi connectivity index (χ3n) is 5.28. The van der Waals surface area contributed by atoms with Crippen molar-refractivity contribution in [3.8, 4) is 0 Å². The van der Waals surface area contributed by atoms with Gasteiger partial charge in [0.1, 0.15) is 0 Å². The number of aryl methyl sites for hydroxylation is 1. The number of benzene rings is 2. The van der Waals surface area contributed by atoms with Gasteiger partial charge in [0.05, 0.1) is 10.2 Å². The lowest BCUT2D eigenvalue weighted by molar-refractivity contribution is -0.120. The number of hydrogen-bond acceptors (Lipinski definition) is 4. The minimum atomic E-state index is 0.0699. The van der Waals surface area contributed by atoms with E-state index in [9.17, 15) is 4.79 Å². The number of nitrogens with zero attached hydrogens (tertiary/aromatic N) is 2. The summed E-state index contributed by atoms with van der Waals surface area (Å²) in [5.41, 5.74) is 4.34. The highest BCUT2D eigenvalue weighted by Gasteiger charge is 2.26. The molecule has 4 nitrogen and oxygen atoms in total. The van der Waals surface area contributed by atoms with E-state index in [1.54, 1.807) is 11.3 Å². The predicted octanol–water partition coefficient (Wildman–Crippen LogP) is 4.77. The van der Waals surface area contributed by atoms with Crippen LogP contribution in [0.3, 0.4) is 0 Å². The Kier molecular flexibility index (Phi) is 4.64. The van der Waals surface area contributed by atoms with Crippen molar-refractivity contribution in [2.24, 2.45) is 5.92 Å². The van der Waals surface area contributed by atoms with Gasteiger partial charge in [-0.15, -0.1) is 0 Å². The number of rotatable bonds is 3. The van der Waals surface area contributed by atoms with Crippen molar-refractivity contribution in [3.63, 3.8) is 0 Å². The second kappa shape index (κ2) is 7.08. The molecule has 5 heteroatoms. The first kappa shape index (κ1) is 17.0. The number of anilines is 2. The molecule has 0 spiro atoms. The van der Waals surface area contributed by atoms with Crippen molar-refractivity contribution in [2.45, 2.75) is 26.7 Å². The first-order valence-corrected chi connectivity index (χ1v) is 9.91. The SMILES string of the molecule is Cc1cccc(NC(=O)C2CCN(c3nc4ccccc4s3)CC2)c1C. The minimum absolute atomic E-state index is 0.0699. The van der Waals surface area contributed by atoms with E-state index in [2.05, 4.69) is 42.3 Å². The molecule has 1 aliphatic heterocycles. The zero-order valence-corrected chi connectivity index (χ0v) is 16.0. The Labute approximate surface area is 157 Å². The Bertz CT molecular complexity index is 908. The lowest BCUT2D eigenvalue weighted by atomic mass is 9.96. The van der Waals surface area contributed by atoms with Crippen molar-refractivity contribution in [3.05, 3.63) is 53.6 Å². The van der Waals surface area contributed by atoms with Crippen LogP contribution >= 0.6 is 11.3 Å². The molecule has 1 saturated heterocycles. The molecule has 26 heavy (non-hydrogen) atoms. The van der Waals surface area contributed by atoms with Crippen LogP contribution in [0.15, 0.2) is 42.5 Å². The van der Waals surface area contributed by atoms with Crippen molar-refractivity contribution < 1.29 is 4.79 Å². The summed E-state index contributed by atoms with van der Waals surface area (Å²) < 4.78 is 1.22. The van der Waals surface area contributed by atoms with Crippen LogP contribution in [0.2, 0.25) is 0 Å². The number of para-hydroxylation sites is 1. The lowest BCUT2D eigenvalue weighted by Crippen LogP contribution is -2.38. The van der Waals surface area contributed by atoms with E-state index in [1.807, 2.05) is 24.3 Å². The summed E-state index contributed by atoms with van der Waals surface area (Å²) in [6, 6.07) is 14.3. The van der Waals surface area contributed by atoms with Gasteiger partial charge in [0.15, 0.2) is 5.13 Å². The van der Waals surface area contributed by atoms with Crippen LogP contribution < -0.4 is 10.2 Å². The number of carbonyl (C=O) groups is 1. The molecule has 0 bridgehead atoms. The molecule has 0 aliphatic carbocycles. The van der Waals surface area contributed by atoms with Crippen LogP contribution in [0.4, 0.5) is 10.8 Å². The van der Waals surface area contributed by atoms with Crippen molar-refractivity contribution >= 4 is 38.3 Å². The predicted molar refractivity (Wildman–Crippen MR) is 109 cm³/mol. The first-order chi connectivity index (χ1) is 12.6. The van der Waals surface area contributed by atoms with E-state index in [1.165, 1.54) is 10.3 Å². The summed E-state index contributed by atoms with van der Waals surface area (Å²) >= 11 is 1.73. The Hall–Kier alpha value is -2.40. The molecule has 0 atom stereocenters. The molecule has 0 saturated carbocycles. The lowest BCUT2D eigenvalue weighted by Gasteiger charge is -2.31. The molecular formula is C21H23N3OS. The summed E-state index contributed by atoms with van der Waals surface area (Å²) in [4.78, 5) is 19.7. The highest BCUT2D eigenvalue weighted by molar-refractivity contribution is 7.22. The number of nitrogens with one attached hydrogen (secondary N) is 1. The Balaban J connectivity index is 1.40. The van der Waals surface area contributed by atoms with Gasteiger partial charge < -0.3 is 10.2 Å². The molecule has 134 valence electrons. The molecule has 3 aromatic rings. The van der Waals surface area contributed by atoms with E-state index >= 15 is 0 Å². The largest absolute Gasteiger partial charge is 0.348 e. The third kappa shape index (κ3) is 3.31. The number of fused-ring (bicyclic) bond motifs is 1. The van der Waals surface area contributed by atoms with Crippen molar-refractivity contribution in [1.82, 2.24) is 4.98 Å². The molecule has 1 amide bonds. The van der Waals surface area contributed by atoms with Crippen LogP contribution in [0.5, 0.6) is 0 Å². The molecule has 1 N–H and O–H groups in total. The topological polar surface area (TPSA) is 45.2 Å². The Morgan fingerprint density at radius 1 is 1.12 bits per heavy atom. The number of hydrogen-bond donors (Lipinski definition) is 1. The molecular weight excluding hydrogens is 342 g/mol. The summed E-state index contributed by atoms with van der Waals surface area (Å²) in [6.07, 6.45) is 1.74.